The first-order valence-electron chi connectivity index (χ1n) is 4.51. The largest absolute Gasteiger partial charge is 0.395 e. The number of hydrogen-bond donors (Lipinski definition) is 1. The molecule has 5 heteroatoms. The maximum atomic E-state index is 4.87. The lowest BCUT2D eigenvalue weighted by Crippen LogP contribution is -2.27. The lowest BCUT2D eigenvalue weighted by atomic mass is 10.3. The van der Waals surface area contributed by atoms with E-state index >= 15 is 0 Å². The number of hydrazine groups is 1. The van der Waals surface area contributed by atoms with Crippen LogP contribution in [0.1, 0.15) is 0 Å². The predicted octanol–water partition coefficient (Wildman–Crippen LogP) is 1.36. The normalized spacial score (nSPS) is 14.5. The summed E-state index contributed by atoms with van der Waals surface area (Å²) in [7, 11) is 0. The molecule has 2 aromatic heterocycles. The summed E-state index contributed by atoms with van der Waals surface area (Å²) < 4.78 is 0. The van der Waals surface area contributed by atoms with E-state index in [4.69, 9.17) is 4.84 Å². The van der Waals surface area contributed by atoms with Crippen LogP contribution in [0.2, 0.25) is 0 Å². The van der Waals surface area contributed by atoms with Gasteiger partial charge in [0.1, 0.15) is 12.1 Å². The average Bonchev–Trinajstić information content (AvgIpc) is 2.82. The fourth-order valence-electron chi connectivity index (χ4n) is 1.42. The molecule has 1 aliphatic heterocycles. The molecule has 0 saturated carbocycles. The molecule has 0 aromatic carbocycles. The van der Waals surface area contributed by atoms with Crippen molar-refractivity contribution < 1.29 is 4.84 Å². The summed E-state index contributed by atoms with van der Waals surface area (Å²) in [6.07, 6.45) is 6.83. The van der Waals surface area contributed by atoms with Crippen molar-refractivity contribution in [3.05, 3.63) is 43.1 Å². The lowest BCUT2D eigenvalue weighted by molar-refractivity contribution is 0.158. The standard InChI is InChI=1S/C10H8N4O/c1-2-10(14-5-6-15-13-14)12-9-3-4-11-7-8(1)9/h1-7,13H. The van der Waals surface area contributed by atoms with Crippen LogP contribution in [-0.4, -0.2) is 9.97 Å². The molecule has 0 aliphatic carbocycles. The molecular formula is C10H8N4O. The van der Waals surface area contributed by atoms with E-state index < -0.39 is 0 Å². The van der Waals surface area contributed by atoms with Crippen LogP contribution < -0.4 is 10.6 Å². The van der Waals surface area contributed by atoms with Gasteiger partial charge in [-0.1, -0.05) is 5.59 Å². The third-order valence-electron chi connectivity index (χ3n) is 2.15. The molecule has 0 radical (unpaired) electrons. The van der Waals surface area contributed by atoms with E-state index in [1.807, 2.05) is 18.2 Å². The van der Waals surface area contributed by atoms with Gasteiger partial charge < -0.3 is 4.84 Å². The maximum absolute atomic E-state index is 4.87. The molecule has 0 unspecified atom stereocenters. The Morgan fingerprint density at radius 3 is 3.13 bits per heavy atom. The van der Waals surface area contributed by atoms with Gasteiger partial charge in [-0.15, -0.1) is 0 Å². The zero-order chi connectivity index (χ0) is 10.1. The maximum Gasteiger partial charge on any atom is 0.150 e. The molecule has 0 bridgehead atoms. The summed E-state index contributed by atoms with van der Waals surface area (Å²) >= 11 is 0. The summed E-state index contributed by atoms with van der Waals surface area (Å²) in [6, 6.07) is 5.74. The Morgan fingerprint density at radius 1 is 1.27 bits per heavy atom. The van der Waals surface area contributed by atoms with Gasteiger partial charge in [-0.2, -0.15) is 0 Å². The Labute approximate surface area is 85.9 Å². The molecule has 3 rings (SSSR count). The third kappa shape index (κ3) is 1.38. The molecule has 0 spiro atoms. The molecular weight excluding hydrogens is 192 g/mol. The average molecular weight is 200 g/mol. The van der Waals surface area contributed by atoms with Gasteiger partial charge in [0, 0.05) is 17.8 Å². The van der Waals surface area contributed by atoms with E-state index in [9.17, 15) is 0 Å². The van der Waals surface area contributed by atoms with E-state index in [-0.39, 0.29) is 0 Å². The molecule has 3 heterocycles. The highest BCUT2D eigenvalue weighted by Gasteiger charge is 2.08. The van der Waals surface area contributed by atoms with Gasteiger partial charge in [-0.05, 0) is 18.2 Å². The van der Waals surface area contributed by atoms with Crippen molar-refractivity contribution in [3.8, 4) is 0 Å². The monoisotopic (exact) mass is 200 g/mol. The minimum absolute atomic E-state index is 0.780. The van der Waals surface area contributed by atoms with Crippen LogP contribution in [0.3, 0.4) is 0 Å². The number of pyridine rings is 2. The zero-order valence-electron chi connectivity index (χ0n) is 7.79. The Bertz CT molecular complexity index is 526. The fourth-order valence-corrected chi connectivity index (χ4v) is 1.42. The number of nitrogens with zero attached hydrogens (tertiary/aromatic N) is 3. The second kappa shape index (κ2) is 3.21. The molecule has 1 aliphatic rings. The highest BCUT2D eigenvalue weighted by atomic mass is 16.7. The first-order chi connectivity index (χ1) is 7.43. The zero-order valence-corrected chi connectivity index (χ0v) is 7.79. The minimum atomic E-state index is 0.780. The molecule has 0 amide bonds. The summed E-state index contributed by atoms with van der Waals surface area (Å²) in [5, 5.41) is 2.71. The number of nitrogens with one attached hydrogen (secondary N) is 1. The van der Waals surface area contributed by atoms with Gasteiger partial charge >= 0.3 is 0 Å². The quantitative estimate of drug-likeness (QED) is 0.753. The van der Waals surface area contributed by atoms with Gasteiger partial charge in [0.05, 0.1) is 11.7 Å². The Kier molecular flexibility index (Phi) is 1.76. The first kappa shape index (κ1) is 8.19. The SMILES string of the molecule is C1=CN(c2ccc3cnccc3n2)NO1. The predicted molar refractivity (Wildman–Crippen MR) is 55.4 cm³/mol. The molecule has 5 nitrogen and oxygen atoms in total. The van der Waals surface area contributed by atoms with E-state index in [0.29, 0.717) is 0 Å². The van der Waals surface area contributed by atoms with Gasteiger partial charge in [0.15, 0.2) is 0 Å². The van der Waals surface area contributed by atoms with Crippen LogP contribution in [0.4, 0.5) is 5.82 Å². The van der Waals surface area contributed by atoms with Gasteiger partial charge in [-0.3, -0.25) is 4.98 Å². The topological polar surface area (TPSA) is 50.3 Å². The number of hydrogen-bond acceptors (Lipinski definition) is 5. The third-order valence-corrected chi connectivity index (χ3v) is 2.15. The second-order valence-electron chi connectivity index (χ2n) is 3.10. The summed E-state index contributed by atoms with van der Waals surface area (Å²) in [4.78, 5) is 13.3. The number of aromatic nitrogens is 2. The molecule has 0 saturated heterocycles. The number of fused-ring (bicyclic) bond motifs is 1. The van der Waals surface area contributed by atoms with Gasteiger partial charge in [0.2, 0.25) is 0 Å². The van der Waals surface area contributed by atoms with Crippen LogP contribution in [0.15, 0.2) is 43.1 Å². The summed E-state index contributed by atoms with van der Waals surface area (Å²) in [6.45, 7) is 0. The van der Waals surface area contributed by atoms with Crippen molar-refractivity contribution in [2.24, 2.45) is 0 Å². The van der Waals surface area contributed by atoms with Crippen molar-refractivity contribution >= 4 is 16.7 Å². The highest BCUT2D eigenvalue weighted by Crippen LogP contribution is 2.17. The first-order valence-corrected chi connectivity index (χ1v) is 4.51. The van der Waals surface area contributed by atoms with Crippen LogP contribution in [0, 0.1) is 0 Å². The highest BCUT2D eigenvalue weighted by molar-refractivity contribution is 5.79. The van der Waals surface area contributed by atoms with Crippen molar-refractivity contribution in [1.82, 2.24) is 15.6 Å². The Balaban J connectivity index is 2.09. The number of rotatable bonds is 1. The number of anilines is 1. The van der Waals surface area contributed by atoms with Crippen molar-refractivity contribution in [1.29, 1.82) is 0 Å². The molecule has 0 atom stereocenters. The van der Waals surface area contributed by atoms with E-state index in [1.54, 1.807) is 29.9 Å². The molecule has 1 N–H and O–H groups in total. The van der Waals surface area contributed by atoms with Crippen LogP contribution in [0.25, 0.3) is 10.9 Å². The summed E-state index contributed by atoms with van der Waals surface area (Å²) in [5.74, 6) is 0.780. The summed E-state index contributed by atoms with van der Waals surface area (Å²) in [5.41, 5.74) is 3.59. The van der Waals surface area contributed by atoms with Crippen molar-refractivity contribution in [3.63, 3.8) is 0 Å². The molecule has 15 heavy (non-hydrogen) atoms. The van der Waals surface area contributed by atoms with Crippen LogP contribution in [0.5, 0.6) is 0 Å². The Morgan fingerprint density at radius 2 is 2.27 bits per heavy atom. The van der Waals surface area contributed by atoms with Crippen molar-refractivity contribution in [2.75, 3.05) is 5.01 Å². The minimum Gasteiger partial charge on any atom is -0.395 e. The Hall–Kier alpha value is -2.14. The van der Waals surface area contributed by atoms with Crippen molar-refractivity contribution in [2.45, 2.75) is 0 Å². The molecule has 74 valence electrons. The van der Waals surface area contributed by atoms with Crippen LogP contribution >= 0.6 is 0 Å². The lowest BCUT2D eigenvalue weighted by Gasteiger charge is -2.12. The smallest absolute Gasteiger partial charge is 0.150 e. The van der Waals surface area contributed by atoms with Gasteiger partial charge in [-0.25, -0.2) is 9.99 Å². The molecule has 2 aromatic rings. The second-order valence-corrected chi connectivity index (χ2v) is 3.10. The van der Waals surface area contributed by atoms with Gasteiger partial charge in [0.25, 0.3) is 0 Å². The fraction of sp³-hybridized carbons (Fsp3) is 0. The van der Waals surface area contributed by atoms with Crippen LogP contribution in [-0.2, 0) is 4.84 Å². The van der Waals surface area contributed by atoms with E-state index in [1.165, 1.54) is 0 Å². The molecule has 0 fully saturated rings. The van der Waals surface area contributed by atoms with E-state index in [0.717, 1.165) is 16.7 Å². The van der Waals surface area contributed by atoms with E-state index in [2.05, 4.69) is 15.6 Å².